The fraction of sp³-hybridized carbons (Fsp3) is 0.556. The fourth-order valence-corrected chi connectivity index (χ4v) is 4.04. The summed E-state index contributed by atoms with van der Waals surface area (Å²) in [6.07, 6.45) is 9.82. The van der Waals surface area contributed by atoms with Gasteiger partial charge >= 0.3 is 5.97 Å². The average molecular weight is 341 g/mol. The van der Waals surface area contributed by atoms with Crippen LogP contribution < -0.4 is 4.90 Å². The van der Waals surface area contributed by atoms with Crippen LogP contribution >= 0.6 is 0 Å². The summed E-state index contributed by atoms with van der Waals surface area (Å²) in [5.74, 6) is 1.55. The summed E-state index contributed by atoms with van der Waals surface area (Å²) in [5, 5.41) is 18.4. The van der Waals surface area contributed by atoms with Gasteiger partial charge in [-0.25, -0.2) is 4.79 Å². The van der Waals surface area contributed by atoms with Gasteiger partial charge in [-0.1, -0.05) is 6.42 Å². The Morgan fingerprint density at radius 2 is 2.08 bits per heavy atom. The number of aromatic carboxylic acids is 1. The van der Waals surface area contributed by atoms with Crippen molar-refractivity contribution in [1.29, 1.82) is 0 Å². The monoisotopic (exact) mass is 341 g/mol. The van der Waals surface area contributed by atoms with Gasteiger partial charge in [0.25, 0.3) is 0 Å². The van der Waals surface area contributed by atoms with Crippen molar-refractivity contribution in [1.82, 2.24) is 19.7 Å². The minimum atomic E-state index is -0.929. The zero-order valence-corrected chi connectivity index (χ0v) is 14.3. The van der Waals surface area contributed by atoms with Gasteiger partial charge in [-0.15, -0.1) is 10.2 Å². The number of carboxylic acid groups (broad SMARTS) is 1. The number of aromatic nitrogens is 4. The molecule has 1 fully saturated rings. The molecule has 2 aliphatic heterocycles. The Balaban J connectivity index is 1.60. The van der Waals surface area contributed by atoms with Gasteiger partial charge in [-0.05, 0) is 31.7 Å². The van der Waals surface area contributed by atoms with E-state index in [9.17, 15) is 9.90 Å². The first-order valence-corrected chi connectivity index (χ1v) is 9.08. The molecule has 2 aliphatic rings. The molecule has 2 aromatic heterocycles. The molecule has 0 amide bonds. The minimum Gasteiger partial charge on any atom is -0.478 e. The third-order valence-electron chi connectivity index (χ3n) is 5.29. The van der Waals surface area contributed by atoms with Gasteiger partial charge in [-0.2, -0.15) is 0 Å². The summed E-state index contributed by atoms with van der Waals surface area (Å²) in [5.41, 5.74) is 1.02. The van der Waals surface area contributed by atoms with Gasteiger partial charge in [-0.3, -0.25) is 4.98 Å². The Hall–Kier alpha value is -2.44. The summed E-state index contributed by atoms with van der Waals surface area (Å²) in [7, 11) is 0. The fourth-order valence-electron chi connectivity index (χ4n) is 4.04. The molecule has 7 nitrogen and oxygen atoms in total. The molecule has 1 atom stereocenters. The number of aryl methyl sites for hydroxylation is 1. The van der Waals surface area contributed by atoms with E-state index in [1.807, 2.05) is 0 Å². The number of piperidine rings is 1. The lowest BCUT2D eigenvalue weighted by Gasteiger charge is -2.34. The number of fused-ring (bicyclic) bond motifs is 1. The lowest BCUT2D eigenvalue weighted by Crippen LogP contribution is -2.36. The maximum Gasteiger partial charge on any atom is 0.339 e. The predicted molar refractivity (Wildman–Crippen MR) is 93.0 cm³/mol. The van der Waals surface area contributed by atoms with Crippen molar-refractivity contribution < 1.29 is 9.90 Å². The van der Waals surface area contributed by atoms with Crippen LogP contribution in [0.3, 0.4) is 0 Å². The molecule has 2 aromatic rings. The van der Waals surface area contributed by atoms with Crippen molar-refractivity contribution in [3.8, 4) is 0 Å². The second kappa shape index (κ2) is 6.82. The summed E-state index contributed by atoms with van der Waals surface area (Å²) in [6, 6.07) is 1.80. The normalized spacial score (nSPS) is 20.8. The maximum absolute atomic E-state index is 11.5. The topological polar surface area (TPSA) is 84.1 Å². The molecule has 0 saturated carbocycles. The van der Waals surface area contributed by atoms with Gasteiger partial charge in [0.2, 0.25) is 0 Å². The van der Waals surface area contributed by atoms with Crippen LogP contribution in [-0.2, 0) is 13.0 Å². The number of pyridine rings is 1. The molecule has 4 rings (SSSR count). The maximum atomic E-state index is 11.5. The molecular weight excluding hydrogens is 318 g/mol. The van der Waals surface area contributed by atoms with Gasteiger partial charge < -0.3 is 14.6 Å². The number of hydrogen-bond acceptors (Lipinski definition) is 5. The molecule has 1 N–H and O–H groups in total. The summed E-state index contributed by atoms with van der Waals surface area (Å²) in [4.78, 5) is 17.6. The van der Waals surface area contributed by atoms with E-state index in [1.54, 1.807) is 12.3 Å². The number of anilines is 1. The zero-order valence-electron chi connectivity index (χ0n) is 14.3. The standard InChI is InChI=1S/C18H23N5O2/c24-18(25)14-11-19-8-7-15(14)22-9-4-5-13(12-22)17-21-20-16-6-2-1-3-10-23(16)17/h7-8,11,13H,1-6,9-10,12H2,(H,24,25). The van der Waals surface area contributed by atoms with E-state index in [-0.39, 0.29) is 5.56 Å². The number of rotatable bonds is 3. The lowest BCUT2D eigenvalue weighted by atomic mass is 9.96. The van der Waals surface area contributed by atoms with Crippen molar-refractivity contribution in [2.75, 3.05) is 18.0 Å². The number of carbonyl (C=O) groups is 1. The van der Waals surface area contributed by atoms with E-state index in [1.165, 1.54) is 25.5 Å². The summed E-state index contributed by atoms with van der Waals surface area (Å²) >= 11 is 0. The molecule has 0 aliphatic carbocycles. The Kier molecular flexibility index (Phi) is 4.38. The molecule has 1 saturated heterocycles. The van der Waals surface area contributed by atoms with E-state index in [4.69, 9.17) is 0 Å². The highest BCUT2D eigenvalue weighted by Crippen LogP contribution is 2.31. The van der Waals surface area contributed by atoms with Crippen LogP contribution in [0.1, 0.15) is 60.0 Å². The highest BCUT2D eigenvalue weighted by Gasteiger charge is 2.29. The van der Waals surface area contributed by atoms with Crippen LogP contribution in [-0.4, -0.2) is 43.9 Å². The van der Waals surface area contributed by atoms with Crippen LogP contribution in [0.25, 0.3) is 0 Å². The van der Waals surface area contributed by atoms with E-state index in [2.05, 4.69) is 24.6 Å². The van der Waals surface area contributed by atoms with Crippen LogP contribution in [0.5, 0.6) is 0 Å². The first kappa shape index (κ1) is 16.1. The summed E-state index contributed by atoms with van der Waals surface area (Å²) in [6.45, 7) is 2.65. The van der Waals surface area contributed by atoms with Crippen molar-refractivity contribution in [2.24, 2.45) is 0 Å². The Morgan fingerprint density at radius 3 is 2.96 bits per heavy atom. The van der Waals surface area contributed by atoms with E-state index in [0.717, 1.165) is 56.2 Å². The molecule has 0 spiro atoms. The average Bonchev–Trinajstić information content (AvgIpc) is 2.90. The first-order valence-electron chi connectivity index (χ1n) is 9.08. The van der Waals surface area contributed by atoms with Crippen LogP contribution in [0.2, 0.25) is 0 Å². The van der Waals surface area contributed by atoms with E-state index < -0.39 is 5.97 Å². The zero-order chi connectivity index (χ0) is 17.2. The number of nitrogens with zero attached hydrogens (tertiary/aromatic N) is 5. The Morgan fingerprint density at radius 1 is 1.16 bits per heavy atom. The van der Waals surface area contributed by atoms with Gasteiger partial charge in [0.05, 0.1) is 5.69 Å². The van der Waals surface area contributed by atoms with Crippen molar-refractivity contribution in [3.63, 3.8) is 0 Å². The molecule has 0 aromatic carbocycles. The van der Waals surface area contributed by atoms with Crippen LogP contribution in [0.15, 0.2) is 18.5 Å². The van der Waals surface area contributed by atoms with Crippen LogP contribution in [0.4, 0.5) is 5.69 Å². The number of hydrogen-bond donors (Lipinski definition) is 1. The van der Waals surface area contributed by atoms with E-state index in [0.29, 0.717) is 5.92 Å². The number of carboxylic acids is 1. The van der Waals surface area contributed by atoms with E-state index >= 15 is 0 Å². The third kappa shape index (κ3) is 3.10. The molecule has 7 heteroatoms. The van der Waals surface area contributed by atoms with Crippen molar-refractivity contribution in [3.05, 3.63) is 35.7 Å². The molecular formula is C18H23N5O2. The molecule has 132 valence electrons. The molecule has 4 heterocycles. The first-order chi connectivity index (χ1) is 12.2. The second-order valence-electron chi connectivity index (χ2n) is 6.92. The second-order valence-corrected chi connectivity index (χ2v) is 6.92. The van der Waals surface area contributed by atoms with Crippen molar-refractivity contribution >= 4 is 11.7 Å². The largest absolute Gasteiger partial charge is 0.478 e. The smallest absolute Gasteiger partial charge is 0.339 e. The molecule has 0 radical (unpaired) electrons. The SMILES string of the molecule is O=C(O)c1cnccc1N1CCCC(c2nnc3n2CCCCC3)C1. The van der Waals surface area contributed by atoms with Gasteiger partial charge in [0, 0.05) is 44.4 Å². The molecule has 25 heavy (non-hydrogen) atoms. The van der Waals surface area contributed by atoms with Crippen molar-refractivity contribution in [2.45, 2.75) is 51.0 Å². The quantitative estimate of drug-likeness (QED) is 0.923. The van der Waals surface area contributed by atoms with Gasteiger partial charge in [0.1, 0.15) is 17.2 Å². The lowest BCUT2D eigenvalue weighted by molar-refractivity contribution is 0.0697. The predicted octanol–water partition coefficient (Wildman–Crippen LogP) is 2.48. The van der Waals surface area contributed by atoms with Crippen LogP contribution in [0, 0.1) is 0 Å². The third-order valence-corrected chi connectivity index (χ3v) is 5.29. The Bertz CT molecular complexity index is 773. The molecule has 1 unspecified atom stereocenters. The highest BCUT2D eigenvalue weighted by atomic mass is 16.4. The highest BCUT2D eigenvalue weighted by molar-refractivity contribution is 5.94. The minimum absolute atomic E-state index is 0.267. The summed E-state index contributed by atoms with van der Waals surface area (Å²) < 4.78 is 2.31. The molecule has 0 bridgehead atoms. The Labute approximate surface area is 146 Å². The van der Waals surface area contributed by atoms with Gasteiger partial charge in [0.15, 0.2) is 0 Å².